The Hall–Kier alpha value is -4.37. The van der Waals surface area contributed by atoms with E-state index >= 15 is 0 Å². The summed E-state index contributed by atoms with van der Waals surface area (Å²) in [6, 6.07) is 21.1. The third-order valence-corrected chi connectivity index (χ3v) is 5.46. The van der Waals surface area contributed by atoms with Gasteiger partial charge in [-0.2, -0.15) is 4.99 Å². The van der Waals surface area contributed by atoms with Crippen molar-refractivity contribution in [3.8, 4) is 16.9 Å². The van der Waals surface area contributed by atoms with Crippen molar-refractivity contribution in [2.24, 2.45) is 4.99 Å². The average Bonchev–Trinajstić information content (AvgIpc) is 3.23. The van der Waals surface area contributed by atoms with Crippen LogP contribution in [0, 0.1) is 10.1 Å². The van der Waals surface area contributed by atoms with Gasteiger partial charge in [0.2, 0.25) is 0 Å². The van der Waals surface area contributed by atoms with Crippen molar-refractivity contribution in [3.05, 3.63) is 110 Å². The summed E-state index contributed by atoms with van der Waals surface area (Å²) < 4.78 is 1.70. The van der Waals surface area contributed by atoms with Crippen molar-refractivity contribution in [1.82, 2.24) is 4.57 Å². The smallest absolute Gasteiger partial charge is 0.335 e. The van der Waals surface area contributed by atoms with Crippen LogP contribution >= 0.6 is 11.3 Å². The molecule has 158 valence electrons. The maximum absolute atomic E-state index is 12.8. The number of nitro benzene ring substituents is 1. The Kier molecular flexibility index (Phi) is 5.73. The average molecular weight is 445 g/mol. The van der Waals surface area contributed by atoms with Gasteiger partial charge in [-0.15, -0.1) is 11.3 Å². The minimum absolute atomic E-state index is 0.0831. The van der Waals surface area contributed by atoms with Crippen LogP contribution in [0.4, 0.5) is 5.69 Å². The molecule has 0 atom stereocenters. The number of aromatic carboxylic acids is 1. The second kappa shape index (κ2) is 8.78. The zero-order valence-electron chi connectivity index (χ0n) is 16.4. The van der Waals surface area contributed by atoms with E-state index in [9.17, 15) is 24.8 Å². The van der Waals surface area contributed by atoms with Crippen LogP contribution in [0.1, 0.15) is 20.7 Å². The summed E-state index contributed by atoms with van der Waals surface area (Å²) in [5.41, 5.74) is 2.08. The first kappa shape index (κ1) is 20.9. The quantitative estimate of drug-likeness (QED) is 0.357. The summed E-state index contributed by atoms with van der Waals surface area (Å²) in [6.45, 7) is 0. The van der Waals surface area contributed by atoms with Gasteiger partial charge in [0.05, 0.1) is 16.2 Å². The molecule has 1 N–H and O–H groups in total. The van der Waals surface area contributed by atoms with Gasteiger partial charge in [0.25, 0.3) is 11.6 Å². The highest BCUT2D eigenvalue weighted by Gasteiger charge is 2.15. The number of carbonyl (C=O) groups excluding carboxylic acids is 1. The lowest BCUT2D eigenvalue weighted by atomic mass is 10.1. The van der Waals surface area contributed by atoms with Crippen molar-refractivity contribution in [3.63, 3.8) is 0 Å². The van der Waals surface area contributed by atoms with Crippen LogP contribution in [0.25, 0.3) is 16.9 Å². The number of rotatable bonds is 5. The van der Waals surface area contributed by atoms with Crippen LogP contribution in [0.5, 0.6) is 0 Å². The molecule has 0 aliphatic carbocycles. The Morgan fingerprint density at radius 1 is 0.938 bits per heavy atom. The van der Waals surface area contributed by atoms with Gasteiger partial charge in [-0.25, -0.2) is 4.79 Å². The Labute approximate surface area is 185 Å². The summed E-state index contributed by atoms with van der Waals surface area (Å²) in [6.07, 6.45) is 0. The van der Waals surface area contributed by atoms with Crippen LogP contribution in [0.2, 0.25) is 0 Å². The number of hydrogen-bond donors (Lipinski definition) is 1. The predicted octanol–water partition coefficient (Wildman–Crippen LogP) is 4.55. The number of thiazole rings is 1. The second-order valence-corrected chi connectivity index (χ2v) is 7.52. The first-order chi connectivity index (χ1) is 15.4. The molecule has 32 heavy (non-hydrogen) atoms. The monoisotopic (exact) mass is 445 g/mol. The van der Waals surface area contributed by atoms with E-state index in [0.29, 0.717) is 10.5 Å². The van der Waals surface area contributed by atoms with E-state index in [2.05, 4.69) is 4.99 Å². The molecule has 0 aliphatic heterocycles. The van der Waals surface area contributed by atoms with E-state index in [4.69, 9.17) is 0 Å². The SMILES string of the molecule is O=C(O)c1cccc(-n2c(-c3ccccc3)csc2=NC(=O)c2cccc([N+](=O)[O-])c2)c1. The minimum Gasteiger partial charge on any atom is -0.478 e. The van der Waals surface area contributed by atoms with Crippen LogP contribution in [-0.2, 0) is 0 Å². The normalized spacial score (nSPS) is 11.3. The molecule has 0 saturated heterocycles. The fourth-order valence-electron chi connectivity index (χ4n) is 3.13. The van der Waals surface area contributed by atoms with E-state index in [1.807, 2.05) is 35.7 Å². The van der Waals surface area contributed by atoms with Crippen molar-refractivity contribution < 1.29 is 19.6 Å². The molecular formula is C23H15N3O5S. The minimum atomic E-state index is -1.07. The summed E-state index contributed by atoms with van der Waals surface area (Å²) in [5, 5.41) is 22.2. The van der Waals surface area contributed by atoms with E-state index in [0.717, 1.165) is 11.3 Å². The van der Waals surface area contributed by atoms with Crippen molar-refractivity contribution in [2.75, 3.05) is 0 Å². The topological polar surface area (TPSA) is 115 Å². The van der Waals surface area contributed by atoms with E-state index in [1.165, 1.54) is 47.7 Å². The van der Waals surface area contributed by atoms with E-state index in [-0.39, 0.29) is 16.8 Å². The van der Waals surface area contributed by atoms with Crippen LogP contribution < -0.4 is 4.80 Å². The highest BCUT2D eigenvalue weighted by molar-refractivity contribution is 7.07. The van der Waals surface area contributed by atoms with Gasteiger partial charge in [-0.05, 0) is 29.8 Å². The Morgan fingerprint density at radius 2 is 1.66 bits per heavy atom. The van der Waals surface area contributed by atoms with Crippen LogP contribution in [-0.4, -0.2) is 26.5 Å². The van der Waals surface area contributed by atoms with Gasteiger partial charge < -0.3 is 5.11 Å². The summed E-state index contributed by atoms with van der Waals surface area (Å²) >= 11 is 1.21. The second-order valence-electron chi connectivity index (χ2n) is 6.68. The van der Waals surface area contributed by atoms with E-state index in [1.54, 1.807) is 16.7 Å². The largest absolute Gasteiger partial charge is 0.478 e. The number of carboxylic acid groups (broad SMARTS) is 1. The molecule has 0 aliphatic rings. The van der Waals surface area contributed by atoms with Gasteiger partial charge >= 0.3 is 5.97 Å². The lowest BCUT2D eigenvalue weighted by Crippen LogP contribution is -2.17. The third-order valence-electron chi connectivity index (χ3n) is 4.63. The van der Waals surface area contributed by atoms with Crippen LogP contribution in [0.3, 0.4) is 0 Å². The number of carbonyl (C=O) groups is 2. The summed E-state index contributed by atoms with van der Waals surface area (Å²) in [5.74, 6) is -1.71. The predicted molar refractivity (Wildman–Crippen MR) is 119 cm³/mol. The van der Waals surface area contributed by atoms with Crippen molar-refractivity contribution in [2.45, 2.75) is 0 Å². The lowest BCUT2D eigenvalue weighted by molar-refractivity contribution is -0.384. The lowest BCUT2D eigenvalue weighted by Gasteiger charge is -2.10. The van der Waals surface area contributed by atoms with E-state index < -0.39 is 16.8 Å². The zero-order chi connectivity index (χ0) is 22.7. The van der Waals surface area contributed by atoms with Gasteiger partial charge in [-0.3, -0.25) is 19.5 Å². The molecule has 1 amide bonds. The molecule has 4 aromatic rings. The van der Waals surface area contributed by atoms with Gasteiger partial charge in [0.1, 0.15) is 0 Å². The fraction of sp³-hybridized carbons (Fsp3) is 0. The highest BCUT2D eigenvalue weighted by atomic mass is 32.1. The molecular weight excluding hydrogens is 430 g/mol. The number of nitro groups is 1. The molecule has 0 spiro atoms. The number of nitrogens with zero attached hydrogens (tertiary/aromatic N) is 3. The van der Waals surface area contributed by atoms with Crippen molar-refractivity contribution >= 4 is 28.9 Å². The third kappa shape index (κ3) is 4.23. The Morgan fingerprint density at radius 3 is 2.38 bits per heavy atom. The molecule has 0 radical (unpaired) electrons. The standard InChI is InChI=1S/C23H15N3O5S/c27-21(16-8-4-11-19(12-16)26(30)31)24-23-25(18-10-5-9-17(13-18)22(28)29)20(14-32-23)15-6-2-1-3-7-15/h1-14H,(H,28,29). The first-order valence-corrected chi connectivity index (χ1v) is 10.3. The van der Waals surface area contributed by atoms with Gasteiger partial charge in [-0.1, -0.05) is 42.5 Å². The molecule has 0 bridgehead atoms. The Balaban J connectivity index is 1.90. The fourth-order valence-corrected chi connectivity index (χ4v) is 4.03. The number of aromatic nitrogens is 1. The highest BCUT2D eigenvalue weighted by Crippen LogP contribution is 2.24. The molecule has 3 aromatic carbocycles. The molecule has 0 unspecified atom stereocenters. The molecule has 4 rings (SSSR count). The Bertz CT molecular complexity index is 1410. The molecule has 9 heteroatoms. The molecule has 0 saturated carbocycles. The first-order valence-electron chi connectivity index (χ1n) is 9.37. The van der Waals surface area contributed by atoms with Crippen LogP contribution in [0.15, 0.2) is 89.2 Å². The number of carboxylic acids is 1. The number of non-ortho nitro benzene ring substituents is 1. The van der Waals surface area contributed by atoms with Gasteiger partial charge in [0.15, 0.2) is 4.80 Å². The number of benzene rings is 3. The zero-order valence-corrected chi connectivity index (χ0v) is 17.2. The summed E-state index contributed by atoms with van der Waals surface area (Å²) in [7, 11) is 0. The maximum Gasteiger partial charge on any atom is 0.335 e. The maximum atomic E-state index is 12.8. The number of amides is 1. The molecule has 8 nitrogen and oxygen atoms in total. The van der Waals surface area contributed by atoms with Crippen molar-refractivity contribution in [1.29, 1.82) is 0 Å². The molecule has 1 aromatic heterocycles. The molecule has 0 fully saturated rings. The number of hydrogen-bond acceptors (Lipinski definition) is 5. The van der Waals surface area contributed by atoms with Gasteiger partial charge in [0, 0.05) is 28.8 Å². The molecule has 1 heterocycles. The summed E-state index contributed by atoms with van der Waals surface area (Å²) in [4.78, 5) is 39.2.